The van der Waals surface area contributed by atoms with E-state index in [9.17, 15) is 19.8 Å². The standard InChI is InChI=1S/C17H19ClO6/c18-16-10-7-9(19)3-1-2-4-13-14(24-13)5-6-23-17(22)15(10)11(20)8-12(16)21/h8,13-14,20-21H,1-7H2/t13-,14-/m1/s1. The number of aromatic hydroxyl groups is 2. The molecule has 0 aromatic heterocycles. The number of ketones is 1. The lowest BCUT2D eigenvalue weighted by atomic mass is 9.97. The Labute approximate surface area is 144 Å². The lowest BCUT2D eigenvalue weighted by Gasteiger charge is -2.14. The minimum Gasteiger partial charge on any atom is -0.507 e. The van der Waals surface area contributed by atoms with Crippen LogP contribution in [0.1, 0.15) is 48.0 Å². The van der Waals surface area contributed by atoms with Gasteiger partial charge in [0.05, 0.1) is 23.8 Å². The fourth-order valence-corrected chi connectivity index (χ4v) is 3.27. The van der Waals surface area contributed by atoms with Crippen molar-refractivity contribution in [1.82, 2.24) is 0 Å². The van der Waals surface area contributed by atoms with Crippen LogP contribution in [0.25, 0.3) is 0 Å². The van der Waals surface area contributed by atoms with Gasteiger partial charge in [-0.15, -0.1) is 0 Å². The minimum absolute atomic E-state index is 0.0907. The van der Waals surface area contributed by atoms with Crippen LogP contribution in [0.3, 0.4) is 0 Å². The number of Topliss-reactive ketones (excluding diaryl/α,β-unsaturated/α-hetero) is 1. The molecule has 0 saturated carbocycles. The molecule has 1 saturated heterocycles. The number of carbonyl (C=O) groups excluding carboxylic acids is 2. The smallest absolute Gasteiger partial charge is 0.342 e. The largest absolute Gasteiger partial charge is 0.507 e. The number of hydrogen-bond donors (Lipinski definition) is 2. The van der Waals surface area contributed by atoms with Gasteiger partial charge in [0.1, 0.15) is 22.8 Å². The van der Waals surface area contributed by atoms with Gasteiger partial charge in [0.25, 0.3) is 0 Å². The Balaban J connectivity index is 1.89. The highest BCUT2D eigenvalue weighted by Gasteiger charge is 2.38. The molecule has 6 nitrogen and oxygen atoms in total. The van der Waals surface area contributed by atoms with Crippen LogP contribution in [-0.2, 0) is 20.7 Å². The SMILES string of the molecule is O=C1CCCC[C@H]2O[C@@H]2CCOC(=O)c2c(O)cc(O)c(Cl)c2C1. The highest BCUT2D eigenvalue weighted by atomic mass is 35.5. The van der Waals surface area contributed by atoms with Crippen LogP contribution in [0.15, 0.2) is 6.07 Å². The van der Waals surface area contributed by atoms with Gasteiger partial charge in [0.15, 0.2) is 0 Å². The number of cyclic esters (lactones) is 1. The maximum Gasteiger partial charge on any atom is 0.342 e. The molecule has 0 aliphatic carbocycles. The first-order valence-corrected chi connectivity index (χ1v) is 8.42. The molecule has 0 unspecified atom stereocenters. The number of phenolic OH excluding ortho intramolecular Hbond substituents is 2. The highest BCUT2D eigenvalue weighted by Crippen LogP contribution is 2.37. The zero-order valence-electron chi connectivity index (χ0n) is 13.1. The number of rotatable bonds is 0. The first-order chi connectivity index (χ1) is 11.5. The van der Waals surface area contributed by atoms with Gasteiger partial charge in [-0.3, -0.25) is 4.79 Å². The van der Waals surface area contributed by atoms with Gasteiger partial charge in [-0.25, -0.2) is 4.79 Å². The molecule has 130 valence electrons. The fraction of sp³-hybridized carbons (Fsp3) is 0.529. The molecular formula is C17H19ClO6. The molecule has 2 heterocycles. The van der Waals surface area contributed by atoms with Crippen molar-refractivity contribution in [2.45, 2.75) is 50.7 Å². The number of fused-ring (bicyclic) bond motifs is 2. The lowest BCUT2D eigenvalue weighted by molar-refractivity contribution is -0.118. The van der Waals surface area contributed by atoms with Crippen molar-refractivity contribution in [2.75, 3.05) is 6.61 Å². The van der Waals surface area contributed by atoms with E-state index >= 15 is 0 Å². The summed E-state index contributed by atoms with van der Waals surface area (Å²) in [5.41, 5.74) is -0.0433. The summed E-state index contributed by atoms with van der Waals surface area (Å²) in [6.07, 6.45) is 3.60. The van der Waals surface area contributed by atoms with E-state index in [-0.39, 0.29) is 52.9 Å². The molecule has 2 aliphatic rings. The Morgan fingerprint density at radius 2 is 1.83 bits per heavy atom. The lowest BCUT2D eigenvalue weighted by Crippen LogP contribution is -2.15. The van der Waals surface area contributed by atoms with Crippen LogP contribution in [0, 0.1) is 0 Å². The number of esters is 1. The van der Waals surface area contributed by atoms with Crippen molar-refractivity contribution >= 4 is 23.4 Å². The third-order valence-electron chi connectivity index (χ3n) is 4.42. The van der Waals surface area contributed by atoms with E-state index in [4.69, 9.17) is 21.1 Å². The van der Waals surface area contributed by atoms with Crippen molar-refractivity contribution in [3.05, 3.63) is 22.2 Å². The van der Waals surface area contributed by atoms with Crippen molar-refractivity contribution < 1.29 is 29.3 Å². The second-order valence-electron chi connectivity index (χ2n) is 6.18. The normalized spacial score (nSPS) is 25.2. The van der Waals surface area contributed by atoms with Gasteiger partial charge in [0, 0.05) is 30.9 Å². The third-order valence-corrected chi connectivity index (χ3v) is 4.84. The van der Waals surface area contributed by atoms with Gasteiger partial charge in [-0.05, 0) is 12.8 Å². The number of phenols is 2. The van der Waals surface area contributed by atoms with Gasteiger partial charge < -0.3 is 19.7 Å². The van der Waals surface area contributed by atoms with Gasteiger partial charge in [0.2, 0.25) is 0 Å². The van der Waals surface area contributed by atoms with Crippen molar-refractivity contribution in [3.8, 4) is 11.5 Å². The number of hydrogen-bond acceptors (Lipinski definition) is 6. The zero-order valence-corrected chi connectivity index (χ0v) is 13.8. The minimum atomic E-state index is -0.758. The van der Waals surface area contributed by atoms with E-state index < -0.39 is 11.7 Å². The van der Waals surface area contributed by atoms with E-state index in [1.807, 2.05) is 0 Å². The highest BCUT2D eigenvalue weighted by molar-refractivity contribution is 6.33. The summed E-state index contributed by atoms with van der Waals surface area (Å²) >= 11 is 6.05. The Morgan fingerprint density at radius 1 is 1.08 bits per heavy atom. The predicted molar refractivity (Wildman–Crippen MR) is 85.5 cm³/mol. The molecule has 2 N–H and O–H groups in total. The monoisotopic (exact) mass is 354 g/mol. The molecule has 3 rings (SSSR count). The second-order valence-corrected chi connectivity index (χ2v) is 6.56. The average Bonchev–Trinajstić information content (AvgIpc) is 3.26. The van der Waals surface area contributed by atoms with Crippen LogP contribution in [0.4, 0.5) is 0 Å². The molecule has 2 atom stereocenters. The summed E-state index contributed by atoms with van der Waals surface area (Å²) in [6.45, 7) is 0.158. The number of halogens is 1. The third kappa shape index (κ3) is 3.65. The van der Waals surface area contributed by atoms with Crippen molar-refractivity contribution in [3.63, 3.8) is 0 Å². The first kappa shape index (κ1) is 17.0. The molecule has 0 bridgehead atoms. The summed E-state index contributed by atoms with van der Waals surface area (Å²) in [5, 5.41) is 19.7. The second kappa shape index (κ2) is 6.99. The van der Waals surface area contributed by atoms with E-state index in [2.05, 4.69) is 0 Å². The Kier molecular flexibility index (Phi) is 4.96. The molecule has 0 amide bonds. The molecule has 24 heavy (non-hydrogen) atoms. The number of ether oxygens (including phenoxy) is 2. The maximum atomic E-state index is 12.3. The van der Waals surface area contributed by atoms with Gasteiger partial charge >= 0.3 is 5.97 Å². The molecule has 2 aliphatic heterocycles. The number of epoxide rings is 1. The van der Waals surface area contributed by atoms with Crippen LogP contribution in [0.5, 0.6) is 11.5 Å². The van der Waals surface area contributed by atoms with Crippen LogP contribution < -0.4 is 0 Å². The number of carbonyl (C=O) groups is 2. The molecule has 1 fully saturated rings. The molecular weight excluding hydrogens is 336 g/mol. The van der Waals surface area contributed by atoms with Gasteiger partial charge in [-0.2, -0.15) is 0 Å². The summed E-state index contributed by atoms with van der Waals surface area (Å²) < 4.78 is 10.7. The summed E-state index contributed by atoms with van der Waals surface area (Å²) in [4.78, 5) is 24.5. The molecule has 1 aromatic carbocycles. The molecule has 7 heteroatoms. The summed E-state index contributed by atoms with van der Waals surface area (Å²) in [5.74, 6) is -1.69. The predicted octanol–water partition coefficient (Wildman–Crippen LogP) is 2.75. The summed E-state index contributed by atoms with van der Waals surface area (Å²) in [7, 11) is 0. The zero-order chi connectivity index (χ0) is 17.3. The quantitative estimate of drug-likeness (QED) is 0.549. The van der Waals surface area contributed by atoms with Crippen LogP contribution in [-0.4, -0.2) is 40.8 Å². The molecule has 0 radical (unpaired) electrons. The van der Waals surface area contributed by atoms with E-state index in [1.165, 1.54) is 0 Å². The van der Waals surface area contributed by atoms with E-state index in [0.29, 0.717) is 12.8 Å². The Hall–Kier alpha value is -1.79. The van der Waals surface area contributed by atoms with Crippen molar-refractivity contribution in [2.24, 2.45) is 0 Å². The van der Waals surface area contributed by atoms with E-state index in [0.717, 1.165) is 25.3 Å². The summed E-state index contributed by atoms with van der Waals surface area (Å²) in [6, 6.07) is 0.982. The molecule has 0 spiro atoms. The number of benzene rings is 1. The Morgan fingerprint density at radius 3 is 2.62 bits per heavy atom. The molecule has 1 aromatic rings. The first-order valence-electron chi connectivity index (χ1n) is 8.05. The van der Waals surface area contributed by atoms with E-state index in [1.54, 1.807) is 0 Å². The topological polar surface area (TPSA) is 96.4 Å². The van der Waals surface area contributed by atoms with Crippen LogP contribution >= 0.6 is 11.6 Å². The average molecular weight is 355 g/mol. The van der Waals surface area contributed by atoms with Crippen molar-refractivity contribution in [1.29, 1.82) is 0 Å². The Bertz CT molecular complexity index is 672. The maximum absolute atomic E-state index is 12.3. The van der Waals surface area contributed by atoms with Crippen LogP contribution in [0.2, 0.25) is 5.02 Å². The van der Waals surface area contributed by atoms with Gasteiger partial charge in [-0.1, -0.05) is 18.0 Å². The fourth-order valence-electron chi connectivity index (χ4n) is 3.06.